The summed E-state index contributed by atoms with van der Waals surface area (Å²) in [6.07, 6.45) is 4.26. The average Bonchev–Trinajstić information content (AvgIpc) is 2.49. The normalized spacial score (nSPS) is 10.3. The molecule has 0 amide bonds. The van der Waals surface area contributed by atoms with Crippen molar-refractivity contribution < 1.29 is 9.47 Å². The lowest BCUT2D eigenvalue weighted by atomic mass is 10.3. The van der Waals surface area contributed by atoms with E-state index < -0.39 is 0 Å². The summed E-state index contributed by atoms with van der Waals surface area (Å²) >= 11 is 0. The SMILES string of the molecule is CCCOc1ccccc1Oc1cnc(CNC)cn1. The zero-order chi connectivity index (χ0) is 14.2. The summed E-state index contributed by atoms with van der Waals surface area (Å²) in [6, 6.07) is 7.55. The van der Waals surface area contributed by atoms with Gasteiger partial charge in [0.2, 0.25) is 5.88 Å². The van der Waals surface area contributed by atoms with Crippen molar-refractivity contribution in [3.63, 3.8) is 0 Å². The Morgan fingerprint density at radius 2 is 1.90 bits per heavy atom. The van der Waals surface area contributed by atoms with Crippen LogP contribution < -0.4 is 14.8 Å². The molecule has 0 aliphatic heterocycles. The van der Waals surface area contributed by atoms with Gasteiger partial charge in [0.05, 0.1) is 24.7 Å². The average molecular weight is 273 g/mol. The molecule has 0 spiro atoms. The number of para-hydroxylation sites is 2. The highest BCUT2D eigenvalue weighted by Crippen LogP contribution is 2.30. The Balaban J connectivity index is 2.08. The molecule has 106 valence electrons. The summed E-state index contributed by atoms with van der Waals surface area (Å²) in [4.78, 5) is 8.50. The maximum absolute atomic E-state index is 5.72. The molecular formula is C15H19N3O2. The molecule has 20 heavy (non-hydrogen) atoms. The van der Waals surface area contributed by atoms with Gasteiger partial charge in [-0.2, -0.15) is 0 Å². The van der Waals surface area contributed by atoms with Crippen molar-refractivity contribution in [2.75, 3.05) is 13.7 Å². The first kappa shape index (κ1) is 14.3. The fourth-order valence-electron chi connectivity index (χ4n) is 1.65. The molecule has 2 rings (SSSR count). The predicted octanol–water partition coefficient (Wildman–Crippen LogP) is 2.78. The lowest BCUT2D eigenvalue weighted by molar-refractivity contribution is 0.300. The minimum absolute atomic E-state index is 0.456. The number of rotatable bonds is 7. The Bertz CT molecular complexity index is 529. The Hall–Kier alpha value is -2.14. The van der Waals surface area contributed by atoms with Gasteiger partial charge in [0.25, 0.3) is 0 Å². The number of nitrogens with zero attached hydrogens (tertiary/aromatic N) is 2. The van der Waals surface area contributed by atoms with Gasteiger partial charge in [-0.15, -0.1) is 0 Å². The van der Waals surface area contributed by atoms with Crippen molar-refractivity contribution >= 4 is 0 Å². The van der Waals surface area contributed by atoms with E-state index in [9.17, 15) is 0 Å². The van der Waals surface area contributed by atoms with Crippen LogP contribution in [0.25, 0.3) is 0 Å². The molecule has 1 aromatic heterocycles. The minimum Gasteiger partial charge on any atom is -0.490 e. The summed E-state index contributed by atoms with van der Waals surface area (Å²) < 4.78 is 11.4. The second-order valence-corrected chi connectivity index (χ2v) is 4.27. The molecule has 1 aromatic carbocycles. The first-order valence-corrected chi connectivity index (χ1v) is 6.68. The molecule has 1 N–H and O–H groups in total. The van der Waals surface area contributed by atoms with Crippen molar-refractivity contribution in [3.05, 3.63) is 42.4 Å². The van der Waals surface area contributed by atoms with E-state index in [0.29, 0.717) is 24.8 Å². The smallest absolute Gasteiger partial charge is 0.238 e. The number of ether oxygens (including phenoxy) is 2. The van der Waals surface area contributed by atoms with Gasteiger partial charge in [0, 0.05) is 6.54 Å². The number of nitrogens with one attached hydrogen (secondary N) is 1. The maximum atomic E-state index is 5.72. The molecule has 0 bridgehead atoms. The first-order valence-electron chi connectivity index (χ1n) is 6.68. The Labute approximate surface area is 119 Å². The van der Waals surface area contributed by atoms with E-state index in [-0.39, 0.29) is 0 Å². The van der Waals surface area contributed by atoms with Crippen molar-refractivity contribution in [3.8, 4) is 17.4 Å². The monoisotopic (exact) mass is 273 g/mol. The Morgan fingerprint density at radius 1 is 1.10 bits per heavy atom. The molecule has 0 atom stereocenters. The molecule has 0 aliphatic carbocycles. The minimum atomic E-state index is 0.456. The summed E-state index contributed by atoms with van der Waals surface area (Å²) in [6.45, 7) is 3.41. The number of hydrogen-bond acceptors (Lipinski definition) is 5. The molecule has 0 saturated heterocycles. The summed E-state index contributed by atoms with van der Waals surface area (Å²) in [7, 11) is 1.87. The van der Waals surface area contributed by atoms with E-state index in [0.717, 1.165) is 17.9 Å². The van der Waals surface area contributed by atoms with Crippen LogP contribution in [0.4, 0.5) is 0 Å². The second-order valence-electron chi connectivity index (χ2n) is 4.27. The molecule has 2 aromatic rings. The van der Waals surface area contributed by atoms with Crippen LogP contribution in [0.5, 0.6) is 17.4 Å². The number of benzene rings is 1. The fourth-order valence-corrected chi connectivity index (χ4v) is 1.65. The molecule has 0 radical (unpaired) electrons. The van der Waals surface area contributed by atoms with E-state index in [2.05, 4.69) is 22.2 Å². The lowest BCUT2D eigenvalue weighted by Gasteiger charge is -2.11. The van der Waals surface area contributed by atoms with Gasteiger partial charge >= 0.3 is 0 Å². The number of aromatic nitrogens is 2. The van der Waals surface area contributed by atoms with Crippen LogP contribution in [0.2, 0.25) is 0 Å². The zero-order valence-corrected chi connectivity index (χ0v) is 11.8. The number of hydrogen-bond donors (Lipinski definition) is 1. The lowest BCUT2D eigenvalue weighted by Crippen LogP contribution is -2.07. The summed E-state index contributed by atoms with van der Waals surface area (Å²) in [5, 5.41) is 3.02. The van der Waals surface area contributed by atoms with Crippen molar-refractivity contribution in [1.82, 2.24) is 15.3 Å². The third-order valence-corrected chi connectivity index (χ3v) is 2.56. The highest BCUT2D eigenvalue weighted by atomic mass is 16.5. The quantitative estimate of drug-likeness (QED) is 0.840. The molecular weight excluding hydrogens is 254 g/mol. The molecule has 0 aliphatic rings. The van der Waals surface area contributed by atoms with E-state index in [1.807, 2.05) is 31.3 Å². The largest absolute Gasteiger partial charge is 0.490 e. The highest BCUT2D eigenvalue weighted by molar-refractivity contribution is 5.41. The van der Waals surface area contributed by atoms with Crippen LogP contribution in [0.3, 0.4) is 0 Å². The second kappa shape index (κ2) is 7.45. The van der Waals surface area contributed by atoms with Crippen LogP contribution >= 0.6 is 0 Å². The zero-order valence-electron chi connectivity index (χ0n) is 11.8. The van der Waals surface area contributed by atoms with E-state index in [1.165, 1.54) is 0 Å². The van der Waals surface area contributed by atoms with Gasteiger partial charge in [-0.3, -0.25) is 4.98 Å². The first-order chi connectivity index (χ1) is 9.83. The summed E-state index contributed by atoms with van der Waals surface area (Å²) in [5.41, 5.74) is 0.871. The van der Waals surface area contributed by atoms with Crippen LogP contribution in [-0.4, -0.2) is 23.6 Å². The molecule has 0 fully saturated rings. The summed E-state index contributed by atoms with van der Waals surface area (Å²) in [5.74, 6) is 1.82. The Morgan fingerprint density at radius 3 is 2.55 bits per heavy atom. The van der Waals surface area contributed by atoms with Gasteiger partial charge in [-0.25, -0.2) is 4.98 Å². The van der Waals surface area contributed by atoms with Crippen LogP contribution in [-0.2, 0) is 6.54 Å². The molecule has 5 heteroatoms. The van der Waals surface area contributed by atoms with Gasteiger partial charge in [-0.1, -0.05) is 19.1 Å². The molecule has 0 saturated carbocycles. The molecule has 1 heterocycles. The van der Waals surface area contributed by atoms with Gasteiger partial charge in [0.15, 0.2) is 11.5 Å². The van der Waals surface area contributed by atoms with Gasteiger partial charge < -0.3 is 14.8 Å². The van der Waals surface area contributed by atoms with Crippen molar-refractivity contribution in [2.45, 2.75) is 19.9 Å². The third kappa shape index (κ3) is 3.93. The third-order valence-electron chi connectivity index (χ3n) is 2.56. The van der Waals surface area contributed by atoms with Gasteiger partial charge in [-0.05, 0) is 25.6 Å². The van der Waals surface area contributed by atoms with E-state index in [1.54, 1.807) is 12.4 Å². The van der Waals surface area contributed by atoms with Crippen molar-refractivity contribution in [1.29, 1.82) is 0 Å². The fraction of sp³-hybridized carbons (Fsp3) is 0.333. The van der Waals surface area contributed by atoms with Crippen molar-refractivity contribution in [2.24, 2.45) is 0 Å². The van der Waals surface area contributed by atoms with Crippen LogP contribution in [0.15, 0.2) is 36.7 Å². The molecule has 0 unspecified atom stereocenters. The van der Waals surface area contributed by atoms with E-state index >= 15 is 0 Å². The molecule has 5 nitrogen and oxygen atoms in total. The van der Waals surface area contributed by atoms with Crippen LogP contribution in [0.1, 0.15) is 19.0 Å². The Kier molecular flexibility index (Phi) is 5.32. The maximum Gasteiger partial charge on any atom is 0.238 e. The standard InChI is InChI=1S/C15H19N3O2/c1-3-8-19-13-6-4-5-7-14(13)20-15-11-17-12(9-16-2)10-18-15/h4-7,10-11,16H,3,8-9H2,1-2H3. The topological polar surface area (TPSA) is 56.3 Å². The van der Waals surface area contributed by atoms with E-state index in [4.69, 9.17) is 9.47 Å². The highest BCUT2D eigenvalue weighted by Gasteiger charge is 2.06. The van der Waals surface area contributed by atoms with Crippen LogP contribution in [0, 0.1) is 0 Å². The predicted molar refractivity (Wildman–Crippen MR) is 77.1 cm³/mol. The van der Waals surface area contributed by atoms with Gasteiger partial charge in [0.1, 0.15) is 0 Å².